The van der Waals surface area contributed by atoms with Crippen LogP contribution in [0.3, 0.4) is 0 Å². The highest BCUT2D eigenvalue weighted by molar-refractivity contribution is 7.90. The van der Waals surface area contributed by atoms with Gasteiger partial charge in [0.15, 0.2) is 5.65 Å². The molecule has 39 heavy (non-hydrogen) atoms. The van der Waals surface area contributed by atoms with Crippen molar-refractivity contribution in [3.05, 3.63) is 66.4 Å². The van der Waals surface area contributed by atoms with E-state index in [0.717, 1.165) is 5.56 Å². The standard InChI is InChI=1S/C30H36N4O3SSi/c1-20(2)39(21(3)4,22(5)6)18-15-28-31-16-13-26(33-28)25-19-34(30-29(25)27(37-8)14-17-32-30)38(35,36)24-11-9-23(7)10-12-24/h9-14,16-17,19-22H,1-8H3. The Morgan fingerprint density at radius 2 is 1.51 bits per heavy atom. The van der Waals surface area contributed by atoms with Crippen LogP contribution in [-0.4, -0.2) is 42.5 Å². The van der Waals surface area contributed by atoms with Crippen LogP contribution in [0.2, 0.25) is 16.6 Å². The molecule has 4 rings (SSSR count). The first-order valence-electron chi connectivity index (χ1n) is 13.2. The van der Waals surface area contributed by atoms with Crippen LogP contribution in [0, 0.1) is 18.4 Å². The van der Waals surface area contributed by atoms with E-state index in [1.54, 1.807) is 55.9 Å². The molecule has 1 aromatic carbocycles. The van der Waals surface area contributed by atoms with Crippen LogP contribution < -0.4 is 4.74 Å². The van der Waals surface area contributed by atoms with Gasteiger partial charge in [-0.1, -0.05) is 59.2 Å². The Morgan fingerprint density at radius 1 is 0.897 bits per heavy atom. The third-order valence-electron chi connectivity index (χ3n) is 7.60. The predicted octanol–water partition coefficient (Wildman–Crippen LogP) is 6.62. The zero-order chi connectivity index (χ0) is 28.5. The number of ether oxygens (including phenoxy) is 1. The minimum atomic E-state index is -3.93. The molecule has 9 heteroatoms. The molecule has 0 spiro atoms. The molecular weight excluding hydrogens is 525 g/mol. The van der Waals surface area contributed by atoms with Crippen LogP contribution in [0.25, 0.3) is 22.3 Å². The van der Waals surface area contributed by atoms with Crippen LogP contribution in [0.5, 0.6) is 5.75 Å². The number of benzene rings is 1. The van der Waals surface area contributed by atoms with Crippen LogP contribution in [-0.2, 0) is 10.0 Å². The van der Waals surface area contributed by atoms with E-state index in [1.165, 1.54) is 10.2 Å². The number of aryl methyl sites for hydroxylation is 1. The normalized spacial score (nSPS) is 12.3. The van der Waals surface area contributed by atoms with E-state index >= 15 is 0 Å². The molecule has 0 N–H and O–H groups in total. The molecule has 0 fully saturated rings. The fourth-order valence-electron chi connectivity index (χ4n) is 5.63. The second-order valence-corrected chi connectivity index (χ2v) is 18.2. The second-order valence-electron chi connectivity index (χ2n) is 10.8. The number of nitrogens with zero attached hydrogens (tertiary/aromatic N) is 4. The lowest BCUT2D eigenvalue weighted by atomic mass is 10.1. The number of hydrogen-bond acceptors (Lipinski definition) is 6. The lowest BCUT2D eigenvalue weighted by Crippen LogP contribution is -2.43. The van der Waals surface area contributed by atoms with Gasteiger partial charge in [-0.15, -0.1) is 5.54 Å². The number of methoxy groups -OCH3 is 1. The molecule has 0 aliphatic rings. The Labute approximate surface area is 232 Å². The highest BCUT2D eigenvalue weighted by Gasteiger charge is 2.41. The van der Waals surface area contributed by atoms with Crippen molar-refractivity contribution in [3.8, 4) is 28.5 Å². The molecule has 3 heterocycles. The Balaban J connectivity index is 1.91. The largest absolute Gasteiger partial charge is 0.496 e. The van der Waals surface area contributed by atoms with Crippen LogP contribution >= 0.6 is 0 Å². The van der Waals surface area contributed by atoms with E-state index < -0.39 is 18.1 Å². The number of aromatic nitrogens is 4. The summed E-state index contributed by atoms with van der Waals surface area (Å²) in [4.78, 5) is 13.8. The molecule has 0 unspecified atom stereocenters. The summed E-state index contributed by atoms with van der Waals surface area (Å²) < 4.78 is 34.2. The van der Waals surface area contributed by atoms with Crippen molar-refractivity contribution in [1.82, 2.24) is 18.9 Å². The first kappa shape index (κ1) is 28.5. The monoisotopic (exact) mass is 560 g/mol. The maximum atomic E-state index is 13.7. The Kier molecular flexibility index (Phi) is 8.01. The number of rotatable bonds is 7. The average Bonchev–Trinajstić information content (AvgIpc) is 3.30. The SMILES string of the molecule is COc1ccnc2c1c(-c1ccnc(C#C[Si](C(C)C)(C(C)C)C(C)C)n1)cn2S(=O)(=O)c1ccc(C)cc1. The summed E-state index contributed by atoms with van der Waals surface area (Å²) in [5.41, 5.74) is 7.48. The molecule has 0 radical (unpaired) electrons. The molecule has 0 aliphatic carbocycles. The highest BCUT2D eigenvalue weighted by atomic mass is 32.2. The fraction of sp³-hybridized carbons (Fsp3) is 0.367. The summed E-state index contributed by atoms with van der Waals surface area (Å²) in [6.07, 6.45) is 4.76. The van der Waals surface area contributed by atoms with Gasteiger partial charge < -0.3 is 4.74 Å². The third kappa shape index (κ3) is 5.11. The summed E-state index contributed by atoms with van der Waals surface area (Å²) in [6, 6.07) is 10.2. The second kappa shape index (κ2) is 10.9. The number of fused-ring (bicyclic) bond motifs is 1. The summed E-state index contributed by atoms with van der Waals surface area (Å²) in [5.74, 6) is 4.22. The third-order valence-corrected chi connectivity index (χ3v) is 15.6. The molecule has 0 bridgehead atoms. The topological polar surface area (TPSA) is 87.0 Å². The van der Waals surface area contributed by atoms with Gasteiger partial charge in [0, 0.05) is 24.2 Å². The molecule has 0 amide bonds. The van der Waals surface area contributed by atoms with Gasteiger partial charge >= 0.3 is 0 Å². The summed E-state index contributed by atoms with van der Waals surface area (Å²) in [7, 11) is -4.36. The smallest absolute Gasteiger partial charge is 0.269 e. The van der Waals surface area contributed by atoms with Gasteiger partial charge in [-0.05, 0) is 53.7 Å². The first-order valence-corrected chi connectivity index (χ1v) is 16.8. The zero-order valence-corrected chi connectivity index (χ0v) is 25.7. The van der Waals surface area contributed by atoms with Gasteiger partial charge in [0.1, 0.15) is 13.8 Å². The molecular formula is C30H36N4O3SSi. The van der Waals surface area contributed by atoms with Crippen molar-refractivity contribution in [3.63, 3.8) is 0 Å². The van der Waals surface area contributed by atoms with Crippen molar-refractivity contribution < 1.29 is 13.2 Å². The lowest BCUT2D eigenvalue weighted by molar-refractivity contribution is 0.419. The van der Waals surface area contributed by atoms with Crippen molar-refractivity contribution >= 4 is 29.1 Å². The number of hydrogen-bond donors (Lipinski definition) is 0. The van der Waals surface area contributed by atoms with Crippen LogP contribution in [0.4, 0.5) is 0 Å². The van der Waals surface area contributed by atoms with E-state index in [-0.39, 0.29) is 10.5 Å². The van der Waals surface area contributed by atoms with Crippen LogP contribution in [0.15, 0.2) is 59.9 Å². The van der Waals surface area contributed by atoms with E-state index in [0.29, 0.717) is 44.8 Å². The Bertz CT molecular complexity index is 1640. The molecule has 0 saturated heterocycles. The minimum absolute atomic E-state index is 0.174. The van der Waals surface area contributed by atoms with Gasteiger partial charge in [-0.2, -0.15) is 0 Å². The maximum Gasteiger partial charge on any atom is 0.269 e. The minimum Gasteiger partial charge on any atom is -0.496 e. The molecule has 4 aromatic rings. The van der Waals surface area contributed by atoms with Crippen molar-refractivity contribution in [2.45, 2.75) is 70.0 Å². The molecule has 204 valence electrons. The Hall–Kier alpha value is -3.48. The van der Waals surface area contributed by atoms with E-state index in [2.05, 4.69) is 63.0 Å². The van der Waals surface area contributed by atoms with Crippen LogP contribution in [0.1, 0.15) is 52.9 Å². The molecule has 7 nitrogen and oxygen atoms in total. The molecule has 0 saturated carbocycles. The molecule has 3 aromatic heterocycles. The fourth-order valence-corrected chi connectivity index (χ4v) is 12.1. The molecule has 0 aliphatic heterocycles. The summed E-state index contributed by atoms with van der Waals surface area (Å²) in [5, 5.41) is 0.559. The first-order chi connectivity index (χ1) is 18.4. The van der Waals surface area contributed by atoms with Crippen molar-refractivity contribution in [2.75, 3.05) is 7.11 Å². The van der Waals surface area contributed by atoms with E-state index in [1.807, 2.05) is 6.92 Å². The summed E-state index contributed by atoms with van der Waals surface area (Å²) >= 11 is 0. The van der Waals surface area contributed by atoms with Crippen molar-refractivity contribution in [2.24, 2.45) is 0 Å². The quantitative estimate of drug-likeness (QED) is 0.187. The highest BCUT2D eigenvalue weighted by Crippen LogP contribution is 2.41. The summed E-state index contributed by atoms with van der Waals surface area (Å²) in [6.45, 7) is 15.5. The van der Waals surface area contributed by atoms with Gasteiger partial charge in [0.05, 0.1) is 23.1 Å². The van der Waals surface area contributed by atoms with Gasteiger partial charge in [0.2, 0.25) is 5.82 Å². The zero-order valence-electron chi connectivity index (χ0n) is 23.9. The predicted molar refractivity (Wildman–Crippen MR) is 159 cm³/mol. The van der Waals surface area contributed by atoms with Gasteiger partial charge in [0.25, 0.3) is 10.0 Å². The maximum absolute atomic E-state index is 13.7. The van der Waals surface area contributed by atoms with Crippen molar-refractivity contribution in [1.29, 1.82) is 0 Å². The van der Waals surface area contributed by atoms with Gasteiger partial charge in [-0.25, -0.2) is 27.3 Å². The Morgan fingerprint density at radius 3 is 2.10 bits per heavy atom. The van der Waals surface area contributed by atoms with E-state index in [4.69, 9.17) is 9.72 Å². The average molecular weight is 561 g/mol. The van der Waals surface area contributed by atoms with Gasteiger partial charge in [-0.3, -0.25) is 0 Å². The molecule has 0 atom stereocenters. The number of pyridine rings is 1. The van der Waals surface area contributed by atoms with E-state index in [9.17, 15) is 8.42 Å². The lowest BCUT2D eigenvalue weighted by Gasteiger charge is -2.37.